The first-order valence-electron chi connectivity index (χ1n) is 5.36. The number of thiol groups is 1. The standard InChI is InChI=1S/C10H20O2S/c1-2-3-7-10(13(11)12)8-5-4-6-9-10/h13H,2-9H2,1H3. The minimum absolute atomic E-state index is 0.316. The maximum Gasteiger partial charge on any atom is 0.145 e. The largest absolute Gasteiger partial charge is 0.231 e. The third kappa shape index (κ3) is 2.70. The van der Waals surface area contributed by atoms with Crippen molar-refractivity contribution in [1.29, 1.82) is 0 Å². The Morgan fingerprint density at radius 3 is 2.23 bits per heavy atom. The van der Waals surface area contributed by atoms with Crippen LogP contribution in [0.15, 0.2) is 0 Å². The fraction of sp³-hybridized carbons (Fsp3) is 1.00. The second kappa shape index (κ2) is 4.99. The average Bonchev–Trinajstić information content (AvgIpc) is 2.16. The molecule has 3 heteroatoms. The normalized spacial score (nSPS) is 22.0. The fourth-order valence-electron chi connectivity index (χ4n) is 2.24. The quantitative estimate of drug-likeness (QED) is 0.714. The highest BCUT2D eigenvalue weighted by Crippen LogP contribution is 2.35. The van der Waals surface area contributed by atoms with Gasteiger partial charge in [-0.05, 0) is 19.3 Å². The summed E-state index contributed by atoms with van der Waals surface area (Å²) in [5, 5.41) is 0. The van der Waals surface area contributed by atoms with E-state index in [9.17, 15) is 8.42 Å². The summed E-state index contributed by atoms with van der Waals surface area (Å²) in [7, 11) is -2.21. The van der Waals surface area contributed by atoms with Gasteiger partial charge in [0, 0.05) is 0 Å². The molecule has 0 N–H and O–H groups in total. The summed E-state index contributed by atoms with van der Waals surface area (Å²) in [6, 6.07) is 0. The molecule has 1 fully saturated rings. The van der Waals surface area contributed by atoms with E-state index in [1.807, 2.05) is 0 Å². The van der Waals surface area contributed by atoms with Crippen molar-refractivity contribution >= 4 is 10.7 Å². The molecular formula is C10H20O2S. The van der Waals surface area contributed by atoms with Crippen LogP contribution in [0.3, 0.4) is 0 Å². The zero-order chi connectivity index (χ0) is 9.73. The van der Waals surface area contributed by atoms with Crippen molar-refractivity contribution in [3.05, 3.63) is 0 Å². The summed E-state index contributed by atoms with van der Waals surface area (Å²) in [5.41, 5.74) is 0. The smallest absolute Gasteiger partial charge is 0.145 e. The van der Waals surface area contributed by atoms with Crippen molar-refractivity contribution in [3.8, 4) is 0 Å². The van der Waals surface area contributed by atoms with E-state index in [4.69, 9.17) is 0 Å². The SMILES string of the molecule is CCCCC1([SH](=O)=O)CCCCC1. The third-order valence-corrected chi connectivity index (χ3v) is 4.61. The molecule has 1 saturated carbocycles. The molecule has 0 bridgehead atoms. The van der Waals surface area contributed by atoms with Gasteiger partial charge in [-0.25, -0.2) is 8.42 Å². The Hall–Kier alpha value is -0.0500. The van der Waals surface area contributed by atoms with E-state index >= 15 is 0 Å². The number of hydrogen-bond acceptors (Lipinski definition) is 2. The van der Waals surface area contributed by atoms with Crippen LogP contribution in [0, 0.1) is 0 Å². The fourth-order valence-corrected chi connectivity index (χ4v) is 3.26. The van der Waals surface area contributed by atoms with Crippen molar-refractivity contribution in [2.75, 3.05) is 0 Å². The second-order valence-electron chi connectivity index (χ2n) is 4.15. The predicted octanol–water partition coefficient (Wildman–Crippen LogP) is 2.49. The Kier molecular flexibility index (Phi) is 4.23. The summed E-state index contributed by atoms with van der Waals surface area (Å²) >= 11 is 0. The molecule has 1 rings (SSSR count). The molecule has 0 heterocycles. The zero-order valence-electron chi connectivity index (χ0n) is 8.42. The van der Waals surface area contributed by atoms with E-state index in [0.29, 0.717) is 0 Å². The van der Waals surface area contributed by atoms with Crippen molar-refractivity contribution in [3.63, 3.8) is 0 Å². The van der Waals surface area contributed by atoms with E-state index in [-0.39, 0.29) is 4.75 Å². The van der Waals surface area contributed by atoms with Gasteiger partial charge >= 0.3 is 0 Å². The Morgan fingerprint density at radius 2 is 1.77 bits per heavy atom. The van der Waals surface area contributed by atoms with Crippen LogP contribution in [0.5, 0.6) is 0 Å². The van der Waals surface area contributed by atoms with Crippen LogP contribution in [-0.2, 0) is 10.7 Å². The highest BCUT2D eigenvalue weighted by atomic mass is 32.2. The molecule has 0 aromatic heterocycles. The predicted molar refractivity (Wildman–Crippen MR) is 55.7 cm³/mol. The minimum Gasteiger partial charge on any atom is -0.231 e. The number of unbranched alkanes of at least 4 members (excludes halogenated alkanes) is 1. The van der Waals surface area contributed by atoms with E-state index < -0.39 is 10.7 Å². The monoisotopic (exact) mass is 204 g/mol. The van der Waals surface area contributed by atoms with Gasteiger partial charge in [0.05, 0.1) is 4.75 Å². The van der Waals surface area contributed by atoms with Gasteiger partial charge in [-0.3, -0.25) is 0 Å². The lowest BCUT2D eigenvalue weighted by Gasteiger charge is -2.31. The summed E-state index contributed by atoms with van der Waals surface area (Å²) in [5.74, 6) is 0. The van der Waals surface area contributed by atoms with Gasteiger partial charge in [0.1, 0.15) is 10.7 Å². The molecular weight excluding hydrogens is 184 g/mol. The van der Waals surface area contributed by atoms with Gasteiger partial charge in [-0.2, -0.15) is 0 Å². The Balaban J connectivity index is 2.61. The molecule has 78 valence electrons. The molecule has 13 heavy (non-hydrogen) atoms. The lowest BCUT2D eigenvalue weighted by Crippen LogP contribution is -2.33. The van der Waals surface area contributed by atoms with Gasteiger partial charge in [-0.15, -0.1) is 0 Å². The molecule has 0 unspecified atom stereocenters. The van der Waals surface area contributed by atoms with Gasteiger partial charge in [0.2, 0.25) is 0 Å². The van der Waals surface area contributed by atoms with E-state index in [1.165, 1.54) is 6.42 Å². The Morgan fingerprint density at radius 1 is 1.15 bits per heavy atom. The maximum absolute atomic E-state index is 11.2. The van der Waals surface area contributed by atoms with Crippen molar-refractivity contribution in [1.82, 2.24) is 0 Å². The van der Waals surface area contributed by atoms with Crippen LogP contribution in [0.4, 0.5) is 0 Å². The van der Waals surface area contributed by atoms with Gasteiger partial charge in [0.15, 0.2) is 0 Å². The molecule has 0 atom stereocenters. The first kappa shape index (κ1) is 11.0. The molecule has 0 amide bonds. The molecule has 0 aromatic carbocycles. The highest BCUT2D eigenvalue weighted by molar-refractivity contribution is 7.74. The lowest BCUT2D eigenvalue weighted by molar-refractivity contribution is 0.353. The van der Waals surface area contributed by atoms with Crippen LogP contribution >= 0.6 is 0 Å². The van der Waals surface area contributed by atoms with E-state index in [2.05, 4.69) is 6.92 Å². The van der Waals surface area contributed by atoms with Crippen LogP contribution in [0.25, 0.3) is 0 Å². The summed E-state index contributed by atoms with van der Waals surface area (Å²) < 4.78 is 22.1. The maximum atomic E-state index is 11.2. The van der Waals surface area contributed by atoms with E-state index in [0.717, 1.165) is 44.9 Å². The van der Waals surface area contributed by atoms with Gasteiger partial charge in [-0.1, -0.05) is 39.0 Å². The lowest BCUT2D eigenvalue weighted by atomic mass is 9.85. The molecule has 1 aliphatic rings. The molecule has 0 saturated heterocycles. The molecule has 1 aliphatic carbocycles. The minimum atomic E-state index is -2.21. The second-order valence-corrected chi connectivity index (χ2v) is 5.61. The highest BCUT2D eigenvalue weighted by Gasteiger charge is 2.34. The van der Waals surface area contributed by atoms with Gasteiger partial charge < -0.3 is 0 Å². The van der Waals surface area contributed by atoms with Crippen LogP contribution in [0.2, 0.25) is 0 Å². The third-order valence-electron chi connectivity index (χ3n) is 3.17. The van der Waals surface area contributed by atoms with Crippen molar-refractivity contribution < 1.29 is 8.42 Å². The molecule has 0 aliphatic heterocycles. The number of rotatable bonds is 4. The average molecular weight is 204 g/mol. The van der Waals surface area contributed by atoms with E-state index in [1.54, 1.807) is 0 Å². The van der Waals surface area contributed by atoms with Crippen LogP contribution < -0.4 is 0 Å². The Labute approximate surface area is 82.7 Å². The summed E-state index contributed by atoms with van der Waals surface area (Å²) in [6.45, 7) is 2.12. The van der Waals surface area contributed by atoms with Gasteiger partial charge in [0.25, 0.3) is 0 Å². The van der Waals surface area contributed by atoms with Crippen molar-refractivity contribution in [2.45, 2.75) is 63.0 Å². The topological polar surface area (TPSA) is 34.1 Å². The van der Waals surface area contributed by atoms with Crippen molar-refractivity contribution in [2.24, 2.45) is 0 Å². The molecule has 0 radical (unpaired) electrons. The molecule has 0 aromatic rings. The molecule has 2 nitrogen and oxygen atoms in total. The number of hydrogen-bond donors (Lipinski definition) is 1. The first-order valence-corrected chi connectivity index (χ1v) is 6.53. The summed E-state index contributed by atoms with van der Waals surface area (Å²) in [6.07, 6.45) is 8.30. The molecule has 0 spiro atoms. The zero-order valence-corrected chi connectivity index (χ0v) is 9.31. The summed E-state index contributed by atoms with van der Waals surface area (Å²) in [4.78, 5) is 0. The van der Waals surface area contributed by atoms with Crippen LogP contribution in [0.1, 0.15) is 58.3 Å². The Bertz CT molecular complexity index is 207. The first-order chi connectivity index (χ1) is 6.21. The van der Waals surface area contributed by atoms with Crippen LogP contribution in [-0.4, -0.2) is 13.2 Å².